The Bertz CT molecular complexity index is 1350. The summed E-state index contributed by atoms with van der Waals surface area (Å²) in [5, 5.41) is 4.69. The van der Waals surface area contributed by atoms with E-state index in [9.17, 15) is 14.0 Å². The highest BCUT2D eigenvalue weighted by Gasteiger charge is 2.30. The van der Waals surface area contributed by atoms with Crippen LogP contribution in [0.2, 0.25) is 0 Å². The van der Waals surface area contributed by atoms with Gasteiger partial charge in [-0.2, -0.15) is 0 Å². The topological polar surface area (TPSA) is 58.6 Å². The highest BCUT2D eigenvalue weighted by Crippen LogP contribution is 2.33. The van der Waals surface area contributed by atoms with Crippen LogP contribution < -0.4 is 10.1 Å². The van der Waals surface area contributed by atoms with Crippen molar-refractivity contribution in [2.24, 2.45) is 0 Å². The molecule has 0 bridgehead atoms. The number of nitrogens with one attached hydrogen (secondary N) is 1. The van der Waals surface area contributed by atoms with Gasteiger partial charge >= 0.3 is 0 Å². The monoisotopic (exact) mass is 548 g/mol. The van der Waals surface area contributed by atoms with Gasteiger partial charge in [-0.1, -0.05) is 72.8 Å². The molecule has 0 spiro atoms. The minimum Gasteiger partial charge on any atom is -0.483 e. The molecule has 0 radical (unpaired) electrons. The average molecular weight is 549 g/mol. The minimum atomic E-state index is -0.779. The van der Waals surface area contributed by atoms with Crippen LogP contribution in [0.1, 0.15) is 11.1 Å². The van der Waals surface area contributed by atoms with Crippen molar-refractivity contribution in [3.05, 3.63) is 112 Å². The Morgan fingerprint density at radius 1 is 0.917 bits per heavy atom. The van der Waals surface area contributed by atoms with E-state index in [-0.39, 0.29) is 30.8 Å². The molecule has 2 amide bonds. The molecular weight excluding hydrogens is 523 g/mol. The molecule has 36 heavy (non-hydrogen) atoms. The van der Waals surface area contributed by atoms with E-state index in [1.54, 1.807) is 19.2 Å². The third kappa shape index (κ3) is 6.10. The summed E-state index contributed by atoms with van der Waals surface area (Å²) in [6.07, 6.45) is 0.327. The first-order chi connectivity index (χ1) is 17.5. The van der Waals surface area contributed by atoms with Gasteiger partial charge in [0.05, 0.1) is 4.47 Å². The average Bonchev–Trinajstić information content (AvgIpc) is 2.91. The lowest BCUT2D eigenvalue weighted by atomic mass is 10.0. The summed E-state index contributed by atoms with van der Waals surface area (Å²) >= 11 is 3.59. The Morgan fingerprint density at radius 2 is 1.61 bits per heavy atom. The fraction of sp³-hybridized carbons (Fsp3) is 0.172. The van der Waals surface area contributed by atoms with Gasteiger partial charge in [0.2, 0.25) is 5.91 Å². The van der Waals surface area contributed by atoms with Crippen molar-refractivity contribution >= 4 is 38.5 Å². The molecule has 1 N–H and O–H groups in total. The molecule has 0 saturated heterocycles. The van der Waals surface area contributed by atoms with Crippen LogP contribution in [-0.4, -0.2) is 36.4 Å². The molecule has 0 aliphatic rings. The van der Waals surface area contributed by atoms with E-state index >= 15 is 0 Å². The van der Waals surface area contributed by atoms with Gasteiger partial charge in [-0.15, -0.1) is 0 Å². The summed E-state index contributed by atoms with van der Waals surface area (Å²) in [6, 6.07) is 26.2. The molecule has 0 aliphatic heterocycles. The molecule has 5 nitrogen and oxygen atoms in total. The van der Waals surface area contributed by atoms with Crippen molar-refractivity contribution < 1.29 is 18.7 Å². The van der Waals surface area contributed by atoms with Crippen molar-refractivity contribution in [3.63, 3.8) is 0 Å². The van der Waals surface area contributed by atoms with Crippen LogP contribution in [-0.2, 0) is 22.6 Å². The number of benzene rings is 4. The van der Waals surface area contributed by atoms with Crippen molar-refractivity contribution in [3.8, 4) is 5.75 Å². The molecule has 4 aromatic rings. The molecular formula is C29H26BrFN2O3. The van der Waals surface area contributed by atoms with E-state index in [2.05, 4.69) is 21.2 Å². The predicted molar refractivity (Wildman–Crippen MR) is 142 cm³/mol. The van der Waals surface area contributed by atoms with E-state index in [0.29, 0.717) is 17.7 Å². The summed E-state index contributed by atoms with van der Waals surface area (Å²) in [7, 11) is 1.55. The Kier molecular flexibility index (Phi) is 8.33. The number of fused-ring (bicyclic) bond motifs is 1. The molecule has 184 valence electrons. The fourth-order valence-electron chi connectivity index (χ4n) is 4.05. The van der Waals surface area contributed by atoms with Crippen LogP contribution in [0.4, 0.5) is 4.39 Å². The van der Waals surface area contributed by atoms with Gasteiger partial charge in [0.15, 0.2) is 6.61 Å². The Morgan fingerprint density at radius 3 is 2.33 bits per heavy atom. The van der Waals surface area contributed by atoms with Crippen molar-refractivity contribution in [2.45, 2.75) is 19.0 Å². The number of amides is 2. The molecule has 0 aromatic heterocycles. The van der Waals surface area contributed by atoms with Crippen LogP contribution in [0.3, 0.4) is 0 Å². The third-order valence-electron chi connectivity index (χ3n) is 5.96. The highest BCUT2D eigenvalue weighted by atomic mass is 79.9. The van der Waals surface area contributed by atoms with Crippen LogP contribution in [0.25, 0.3) is 10.8 Å². The fourth-order valence-corrected chi connectivity index (χ4v) is 4.66. The molecule has 0 aliphatic carbocycles. The largest absolute Gasteiger partial charge is 0.483 e. The number of carbonyl (C=O) groups is 2. The summed E-state index contributed by atoms with van der Waals surface area (Å²) in [5.74, 6) is -0.485. The van der Waals surface area contributed by atoms with E-state index < -0.39 is 6.04 Å². The molecule has 4 rings (SSSR count). The number of nitrogens with zero attached hydrogens (tertiary/aromatic N) is 1. The van der Waals surface area contributed by atoms with E-state index in [4.69, 9.17) is 4.74 Å². The maximum absolute atomic E-state index is 13.5. The summed E-state index contributed by atoms with van der Waals surface area (Å²) in [5.41, 5.74) is 1.62. The number of likely N-dealkylation sites (N-methyl/N-ethyl adjacent to an activating group) is 1. The first-order valence-electron chi connectivity index (χ1n) is 11.6. The molecule has 4 aromatic carbocycles. The summed E-state index contributed by atoms with van der Waals surface area (Å²) < 4.78 is 20.2. The van der Waals surface area contributed by atoms with Gasteiger partial charge in [0, 0.05) is 20.0 Å². The lowest BCUT2D eigenvalue weighted by Crippen LogP contribution is -2.51. The summed E-state index contributed by atoms with van der Waals surface area (Å²) in [6.45, 7) is -0.132. The van der Waals surface area contributed by atoms with Gasteiger partial charge in [0.1, 0.15) is 17.6 Å². The maximum Gasteiger partial charge on any atom is 0.261 e. The Hall–Kier alpha value is -3.71. The third-order valence-corrected chi connectivity index (χ3v) is 6.78. The van der Waals surface area contributed by atoms with Gasteiger partial charge < -0.3 is 15.0 Å². The zero-order valence-corrected chi connectivity index (χ0v) is 21.4. The normalized spacial score (nSPS) is 11.6. The first-order valence-corrected chi connectivity index (χ1v) is 12.3. The number of hydrogen-bond donors (Lipinski definition) is 1. The SMILES string of the molecule is CNC(=O)C(Cc1ccccc1)N(Cc1ccc(F)cc1)C(=O)COc1ccc2ccccc2c1Br. The lowest BCUT2D eigenvalue weighted by Gasteiger charge is -2.31. The second-order valence-electron chi connectivity index (χ2n) is 8.36. The zero-order valence-electron chi connectivity index (χ0n) is 19.8. The number of ether oxygens (including phenoxy) is 1. The van der Waals surface area contributed by atoms with Gasteiger partial charge in [-0.25, -0.2) is 4.39 Å². The van der Waals surface area contributed by atoms with Crippen molar-refractivity contribution in [1.82, 2.24) is 10.2 Å². The quantitative estimate of drug-likeness (QED) is 0.300. The minimum absolute atomic E-state index is 0.131. The highest BCUT2D eigenvalue weighted by molar-refractivity contribution is 9.10. The molecule has 1 unspecified atom stereocenters. The van der Waals surface area contributed by atoms with Crippen molar-refractivity contribution in [1.29, 1.82) is 0 Å². The maximum atomic E-state index is 13.5. The Balaban J connectivity index is 1.61. The molecule has 7 heteroatoms. The molecule has 0 saturated carbocycles. The number of halogens is 2. The second kappa shape index (κ2) is 11.8. The molecule has 1 atom stereocenters. The zero-order chi connectivity index (χ0) is 25.5. The smallest absolute Gasteiger partial charge is 0.261 e. The standard InChI is InChI=1S/C29H26BrFN2O3/c1-32-29(35)25(17-20-7-3-2-4-8-20)33(18-21-11-14-23(31)15-12-21)27(34)19-36-26-16-13-22-9-5-6-10-24(22)28(26)30/h2-16,25H,17-19H2,1H3,(H,32,35). The summed E-state index contributed by atoms with van der Waals surface area (Å²) in [4.78, 5) is 28.0. The molecule has 0 heterocycles. The first kappa shape index (κ1) is 25.4. The second-order valence-corrected chi connectivity index (χ2v) is 9.15. The van der Waals surface area contributed by atoms with Gasteiger partial charge in [0.25, 0.3) is 5.91 Å². The van der Waals surface area contributed by atoms with E-state index in [1.165, 1.54) is 17.0 Å². The predicted octanol–water partition coefficient (Wildman–Crippen LogP) is 5.51. The van der Waals surface area contributed by atoms with Gasteiger partial charge in [-0.3, -0.25) is 9.59 Å². The van der Waals surface area contributed by atoms with Crippen LogP contribution in [0, 0.1) is 5.82 Å². The Labute approximate surface area is 218 Å². The van der Waals surface area contributed by atoms with Crippen LogP contribution >= 0.6 is 15.9 Å². The van der Waals surface area contributed by atoms with Crippen LogP contribution in [0.5, 0.6) is 5.75 Å². The number of carbonyl (C=O) groups excluding carboxylic acids is 2. The van der Waals surface area contributed by atoms with Gasteiger partial charge in [-0.05, 0) is 56.0 Å². The van der Waals surface area contributed by atoms with Crippen molar-refractivity contribution in [2.75, 3.05) is 13.7 Å². The number of hydrogen-bond acceptors (Lipinski definition) is 3. The van der Waals surface area contributed by atoms with E-state index in [0.717, 1.165) is 20.8 Å². The van der Waals surface area contributed by atoms with E-state index in [1.807, 2.05) is 66.7 Å². The lowest BCUT2D eigenvalue weighted by molar-refractivity contribution is -0.142. The van der Waals surface area contributed by atoms with Crippen LogP contribution in [0.15, 0.2) is 95.5 Å². The number of rotatable bonds is 9. The molecule has 0 fully saturated rings.